The summed E-state index contributed by atoms with van der Waals surface area (Å²) in [6, 6.07) is 6.70. The van der Waals surface area contributed by atoms with E-state index in [1.54, 1.807) is 20.8 Å². The van der Waals surface area contributed by atoms with Crippen molar-refractivity contribution in [2.45, 2.75) is 51.7 Å². The molecule has 0 aliphatic rings. The smallest absolute Gasteiger partial charge is 0.408 e. The first-order valence-electron chi connectivity index (χ1n) is 10.6. The topological polar surface area (TPSA) is 136 Å². The van der Waals surface area contributed by atoms with Crippen molar-refractivity contribution in [3.05, 3.63) is 36.0 Å². The number of hydrogen-bond acceptors (Lipinski definition) is 6. The number of nitrogens with zero attached hydrogens (tertiary/aromatic N) is 1. The van der Waals surface area contributed by atoms with Gasteiger partial charge in [-0.3, -0.25) is 9.59 Å². The van der Waals surface area contributed by atoms with Crippen molar-refractivity contribution in [2.24, 2.45) is 7.05 Å². The van der Waals surface area contributed by atoms with Gasteiger partial charge in [0.2, 0.25) is 5.91 Å². The molecule has 1 heterocycles. The number of carbonyl (C=O) groups excluding carboxylic acids is 3. The van der Waals surface area contributed by atoms with Gasteiger partial charge in [0.25, 0.3) is 0 Å². The zero-order chi connectivity index (χ0) is 24.6. The summed E-state index contributed by atoms with van der Waals surface area (Å²) in [6.07, 6.45) is 0.896. The summed E-state index contributed by atoms with van der Waals surface area (Å²) >= 11 is 0. The summed E-state index contributed by atoms with van der Waals surface area (Å²) in [6.45, 7) is 5.06. The lowest BCUT2D eigenvalue weighted by molar-refractivity contribution is -0.146. The molecule has 0 aliphatic heterocycles. The van der Waals surface area contributed by atoms with E-state index in [0.717, 1.165) is 16.5 Å². The highest BCUT2D eigenvalue weighted by Crippen LogP contribution is 2.22. The number of aliphatic carboxylic acids is 1. The number of nitrogens with one attached hydrogen (secondary N) is 2. The van der Waals surface area contributed by atoms with Gasteiger partial charge in [0.15, 0.2) is 0 Å². The third-order valence-corrected chi connectivity index (χ3v) is 4.61. The van der Waals surface area contributed by atoms with E-state index >= 15 is 0 Å². The zero-order valence-electron chi connectivity index (χ0n) is 19.3. The van der Waals surface area contributed by atoms with E-state index < -0.39 is 35.6 Å². The molecule has 2 amide bonds. The first-order valence-corrected chi connectivity index (χ1v) is 10.6. The van der Waals surface area contributed by atoms with Crippen LogP contribution in [-0.4, -0.2) is 58.4 Å². The fourth-order valence-corrected chi connectivity index (χ4v) is 3.20. The van der Waals surface area contributed by atoms with E-state index in [-0.39, 0.29) is 32.4 Å². The van der Waals surface area contributed by atoms with Crippen LogP contribution in [0.5, 0.6) is 0 Å². The van der Waals surface area contributed by atoms with Crippen LogP contribution in [0.15, 0.2) is 30.5 Å². The van der Waals surface area contributed by atoms with Crippen LogP contribution in [0.4, 0.5) is 4.79 Å². The predicted octanol–water partition coefficient (Wildman–Crippen LogP) is 2.14. The molecule has 0 spiro atoms. The summed E-state index contributed by atoms with van der Waals surface area (Å²) in [5.41, 5.74) is 1.10. The number of hydrogen-bond donors (Lipinski definition) is 3. The summed E-state index contributed by atoms with van der Waals surface area (Å²) in [4.78, 5) is 47.2. The first-order chi connectivity index (χ1) is 15.5. The van der Waals surface area contributed by atoms with Crippen LogP contribution >= 0.6 is 0 Å². The van der Waals surface area contributed by atoms with E-state index in [1.165, 1.54) is 0 Å². The molecule has 2 rings (SSSR count). The molecule has 0 saturated heterocycles. The standard InChI is InChI=1S/C23H31N3O7/c1-23(2,3)33-22(31)25-17(13-15-14-26(4)18-8-6-5-7-16(15)18)21(30)32-12-11-24-19(27)9-10-20(28)29/h5-8,14,17H,9-13H2,1-4H3,(H,24,27)(H,25,31)(H,28,29)/t17-/m1/s1. The van der Waals surface area contributed by atoms with Crippen LogP contribution in [-0.2, 0) is 37.3 Å². The molecule has 2 aromatic rings. The number of aryl methyl sites for hydroxylation is 1. The molecule has 0 radical (unpaired) electrons. The van der Waals surface area contributed by atoms with Crippen LogP contribution in [0.2, 0.25) is 0 Å². The van der Waals surface area contributed by atoms with Crippen molar-refractivity contribution in [2.75, 3.05) is 13.2 Å². The second-order valence-electron chi connectivity index (χ2n) is 8.60. The number of ether oxygens (including phenoxy) is 2. The lowest BCUT2D eigenvalue weighted by Crippen LogP contribution is -2.46. The third kappa shape index (κ3) is 8.47. The molecule has 0 saturated carbocycles. The quantitative estimate of drug-likeness (QED) is 0.364. The zero-order valence-corrected chi connectivity index (χ0v) is 19.3. The van der Waals surface area contributed by atoms with E-state index in [9.17, 15) is 19.2 Å². The molecule has 0 bridgehead atoms. The van der Waals surface area contributed by atoms with Crippen molar-refractivity contribution >= 4 is 34.8 Å². The number of amides is 2. The Bertz CT molecular complexity index is 1010. The molecule has 10 heteroatoms. The molecule has 180 valence electrons. The Morgan fingerprint density at radius 3 is 2.48 bits per heavy atom. The van der Waals surface area contributed by atoms with Gasteiger partial charge >= 0.3 is 18.0 Å². The van der Waals surface area contributed by atoms with Gasteiger partial charge in [-0.05, 0) is 32.4 Å². The van der Waals surface area contributed by atoms with E-state index in [2.05, 4.69) is 10.6 Å². The molecule has 1 aromatic carbocycles. The van der Waals surface area contributed by atoms with Gasteiger partial charge in [-0.1, -0.05) is 18.2 Å². The number of aromatic nitrogens is 1. The Kier molecular flexibility index (Phi) is 8.84. The summed E-state index contributed by atoms with van der Waals surface area (Å²) < 4.78 is 12.5. The van der Waals surface area contributed by atoms with Crippen molar-refractivity contribution in [1.82, 2.24) is 15.2 Å². The Morgan fingerprint density at radius 2 is 1.82 bits per heavy atom. The minimum atomic E-state index is -1.07. The maximum atomic E-state index is 12.8. The Morgan fingerprint density at radius 1 is 1.12 bits per heavy atom. The monoisotopic (exact) mass is 461 g/mol. The highest BCUT2D eigenvalue weighted by atomic mass is 16.6. The average Bonchev–Trinajstić information content (AvgIpc) is 3.03. The second kappa shape index (κ2) is 11.3. The van der Waals surface area contributed by atoms with Gasteiger partial charge in [0.1, 0.15) is 18.2 Å². The maximum absolute atomic E-state index is 12.8. The molecule has 1 atom stereocenters. The number of fused-ring (bicyclic) bond motifs is 1. The van der Waals surface area contributed by atoms with Gasteiger partial charge in [-0.25, -0.2) is 9.59 Å². The minimum absolute atomic E-state index is 0.0254. The number of carbonyl (C=O) groups is 4. The van der Waals surface area contributed by atoms with Crippen LogP contribution < -0.4 is 10.6 Å². The Labute approximate surface area is 192 Å². The molecular weight excluding hydrogens is 430 g/mol. The lowest BCUT2D eigenvalue weighted by atomic mass is 10.1. The normalized spacial score (nSPS) is 12.1. The van der Waals surface area contributed by atoms with Crippen LogP contribution in [0.1, 0.15) is 39.2 Å². The largest absolute Gasteiger partial charge is 0.481 e. The average molecular weight is 462 g/mol. The van der Waals surface area contributed by atoms with Crippen molar-refractivity contribution in [3.63, 3.8) is 0 Å². The first kappa shape index (κ1) is 25.7. The predicted molar refractivity (Wildman–Crippen MR) is 121 cm³/mol. The molecule has 33 heavy (non-hydrogen) atoms. The van der Waals surface area contributed by atoms with Gasteiger partial charge in [0, 0.05) is 37.0 Å². The van der Waals surface area contributed by atoms with Gasteiger partial charge in [0.05, 0.1) is 13.0 Å². The number of rotatable bonds is 10. The van der Waals surface area contributed by atoms with E-state index in [1.807, 2.05) is 42.1 Å². The van der Waals surface area contributed by atoms with Crippen molar-refractivity contribution in [3.8, 4) is 0 Å². The minimum Gasteiger partial charge on any atom is -0.481 e. The Hall–Kier alpha value is -3.56. The van der Waals surface area contributed by atoms with Crippen molar-refractivity contribution < 1.29 is 33.8 Å². The number of carboxylic acid groups (broad SMARTS) is 1. The van der Waals surface area contributed by atoms with Crippen LogP contribution in [0.3, 0.4) is 0 Å². The second-order valence-corrected chi connectivity index (χ2v) is 8.60. The van der Waals surface area contributed by atoms with E-state index in [0.29, 0.717) is 0 Å². The highest BCUT2D eigenvalue weighted by Gasteiger charge is 2.27. The van der Waals surface area contributed by atoms with Gasteiger partial charge < -0.3 is 29.8 Å². The van der Waals surface area contributed by atoms with Crippen LogP contribution in [0, 0.1) is 0 Å². The SMILES string of the molecule is Cn1cc(C[C@@H](NC(=O)OC(C)(C)C)C(=O)OCCNC(=O)CCC(=O)O)c2ccccc21. The number of alkyl carbamates (subject to hydrolysis) is 1. The maximum Gasteiger partial charge on any atom is 0.408 e. The molecular formula is C23H31N3O7. The lowest BCUT2D eigenvalue weighted by Gasteiger charge is -2.23. The molecule has 10 nitrogen and oxygen atoms in total. The number of para-hydroxylation sites is 1. The molecule has 1 aromatic heterocycles. The van der Waals surface area contributed by atoms with Crippen LogP contribution in [0.25, 0.3) is 10.9 Å². The summed E-state index contributed by atoms with van der Waals surface area (Å²) in [7, 11) is 1.90. The summed E-state index contributed by atoms with van der Waals surface area (Å²) in [5, 5.41) is 14.6. The molecule has 3 N–H and O–H groups in total. The highest BCUT2D eigenvalue weighted by molar-refractivity contribution is 5.86. The van der Waals surface area contributed by atoms with Gasteiger partial charge in [-0.2, -0.15) is 0 Å². The molecule has 0 unspecified atom stereocenters. The molecule has 0 aliphatic carbocycles. The van der Waals surface area contributed by atoms with E-state index in [4.69, 9.17) is 14.6 Å². The fraction of sp³-hybridized carbons (Fsp3) is 0.478. The number of benzene rings is 1. The fourth-order valence-electron chi connectivity index (χ4n) is 3.20. The Balaban J connectivity index is 2.04. The number of carboxylic acids is 1. The summed E-state index contributed by atoms with van der Waals surface area (Å²) in [5.74, 6) is -2.19. The molecule has 0 fully saturated rings. The third-order valence-electron chi connectivity index (χ3n) is 4.61. The number of esters is 1. The van der Waals surface area contributed by atoms with Crippen molar-refractivity contribution in [1.29, 1.82) is 0 Å². The van der Waals surface area contributed by atoms with Gasteiger partial charge in [-0.15, -0.1) is 0 Å².